The van der Waals surface area contributed by atoms with Crippen LogP contribution in [0.3, 0.4) is 0 Å². The number of phenolic OH excluding ortho intramolecular Hbond substituents is 3. The van der Waals surface area contributed by atoms with E-state index in [0.29, 0.717) is 37.0 Å². The van der Waals surface area contributed by atoms with Crippen molar-refractivity contribution in [2.75, 3.05) is 18.5 Å². The minimum absolute atomic E-state index is 0.0339. The lowest BCUT2D eigenvalue weighted by Crippen LogP contribution is -2.60. The Kier molecular flexibility index (Phi) is 24.9. The van der Waals surface area contributed by atoms with Gasteiger partial charge < -0.3 is 96.9 Å². The third-order valence-electron chi connectivity index (χ3n) is 23.0. The first-order valence-corrected chi connectivity index (χ1v) is 39.3. The van der Waals surface area contributed by atoms with Gasteiger partial charge in [0.05, 0.1) is 28.5 Å². The number of ketones is 3. The molecule has 0 aromatic heterocycles. The summed E-state index contributed by atoms with van der Waals surface area (Å²) in [7, 11) is 0. The van der Waals surface area contributed by atoms with Crippen LogP contribution in [0.1, 0.15) is 163 Å². The lowest BCUT2D eigenvalue weighted by molar-refractivity contribution is -0.270. The van der Waals surface area contributed by atoms with Crippen LogP contribution in [-0.4, -0.2) is 150 Å². The quantitative estimate of drug-likeness (QED) is 0.0405. The highest BCUT2D eigenvalue weighted by Crippen LogP contribution is 2.58. The number of nitrogens with one attached hydrogen (secondary N) is 6. The van der Waals surface area contributed by atoms with Crippen molar-refractivity contribution >= 4 is 81.8 Å². The normalized spacial score (nSPS) is 28.2. The Morgan fingerprint density at radius 3 is 1.90 bits per heavy atom. The van der Waals surface area contributed by atoms with Crippen molar-refractivity contribution in [1.29, 1.82) is 0 Å². The maximum atomic E-state index is 16.5. The Balaban J connectivity index is 0.991. The summed E-state index contributed by atoms with van der Waals surface area (Å²) in [5.41, 5.74) is 4.67. The third-order valence-corrected chi connectivity index (χ3v) is 23.6. The molecule has 606 valence electrons. The van der Waals surface area contributed by atoms with E-state index in [2.05, 4.69) is 31.9 Å². The van der Waals surface area contributed by atoms with E-state index in [1.807, 2.05) is 20.8 Å². The van der Waals surface area contributed by atoms with Crippen LogP contribution in [-0.2, 0) is 43.1 Å². The van der Waals surface area contributed by atoms with Gasteiger partial charge in [-0.05, 0) is 194 Å². The highest BCUT2D eigenvalue weighted by molar-refractivity contribution is 6.32. The molecule has 0 unspecified atom stereocenters. The van der Waals surface area contributed by atoms with Crippen molar-refractivity contribution in [2.45, 2.75) is 178 Å². The van der Waals surface area contributed by atoms with Gasteiger partial charge in [0, 0.05) is 61.0 Å². The van der Waals surface area contributed by atoms with Crippen molar-refractivity contribution in [3.63, 3.8) is 0 Å². The molecule has 29 nitrogen and oxygen atoms in total. The van der Waals surface area contributed by atoms with Gasteiger partial charge in [-0.25, -0.2) is 4.79 Å². The molecular weight excluding hydrogens is 1520 g/mol. The number of aromatic hydroxyl groups is 3. The monoisotopic (exact) mass is 1610 g/mol. The summed E-state index contributed by atoms with van der Waals surface area (Å²) in [4.78, 5) is 138. The van der Waals surface area contributed by atoms with Gasteiger partial charge in [0.15, 0.2) is 28.8 Å². The number of benzene rings is 6. The van der Waals surface area contributed by atoms with E-state index in [-0.39, 0.29) is 103 Å². The number of anilines is 1. The van der Waals surface area contributed by atoms with E-state index >= 15 is 28.8 Å². The molecule has 4 aliphatic carbocycles. The first-order valence-electron chi connectivity index (χ1n) is 38.5. The number of amides is 7. The molecule has 14 atom stereocenters. The van der Waals surface area contributed by atoms with Gasteiger partial charge in [0.25, 0.3) is 0 Å². The second kappa shape index (κ2) is 34.6. The molecule has 114 heavy (non-hydrogen) atoms. The summed E-state index contributed by atoms with van der Waals surface area (Å²) >= 11 is 14.3. The zero-order valence-electron chi connectivity index (χ0n) is 62.9. The van der Waals surface area contributed by atoms with Crippen LogP contribution < -0.4 is 56.6 Å². The Bertz CT molecular complexity index is 4690. The van der Waals surface area contributed by atoms with Crippen LogP contribution in [0.2, 0.25) is 10.0 Å². The fourth-order valence-corrected chi connectivity index (χ4v) is 17.9. The van der Waals surface area contributed by atoms with Gasteiger partial charge in [0.2, 0.25) is 41.6 Å². The molecule has 1 saturated heterocycles. The molecule has 0 radical (unpaired) electrons. The molecule has 6 aliphatic heterocycles. The predicted octanol–water partition coefficient (Wildman–Crippen LogP) is 8.85. The van der Waals surface area contributed by atoms with Crippen molar-refractivity contribution in [1.82, 2.24) is 26.6 Å². The fraction of sp³-hybridized carbons (Fsp3) is 0.458. The zero-order valence-corrected chi connectivity index (χ0v) is 64.4. The van der Waals surface area contributed by atoms with E-state index in [9.17, 15) is 55.2 Å². The van der Waals surface area contributed by atoms with Crippen LogP contribution in [0.4, 0.5) is 10.5 Å². The lowest BCUT2D eigenvalue weighted by atomic mass is 9.51. The molecule has 5 fully saturated rings. The molecule has 6 aromatic rings. The molecule has 16 rings (SSSR count). The van der Waals surface area contributed by atoms with Gasteiger partial charge in [-0.3, -0.25) is 43.7 Å². The van der Waals surface area contributed by atoms with Crippen LogP contribution in [0, 0.1) is 47.3 Å². The first kappa shape index (κ1) is 82.0. The molecule has 31 heteroatoms. The number of fused-ring (bicyclic) bond motifs is 15. The number of rotatable bonds is 17. The second-order valence-electron chi connectivity index (χ2n) is 31.4. The van der Waals surface area contributed by atoms with E-state index in [1.165, 1.54) is 60.7 Å². The maximum absolute atomic E-state index is 16.5. The Labute approximate surface area is 665 Å². The van der Waals surface area contributed by atoms with Crippen molar-refractivity contribution in [3.8, 4) is 62.9 Å². The van der Waals surface area contributed by atoms with Crippen molar-refractivity contribution in [2.24, 2.45) is 53.1 Å². The molecule has 4 saturated carbocycles. The lowest BCUT2D eigenvalue weighted by Gasteiger charge is -2.54. The number of carbonyl (C=O) groups excluding carboxylic acids is 9. The Morgan fingerprint density at radius 1 is 0.649 bits per heavy atom. The van der Waals surface area contributed by atoms with E-state index < -0.39 is 198 Å². The number of carbonyl (C=O) groups is 9. The highest BCUT2D eigenvalue weighted by atomic mass is 35.5. The highest BCUT2D eigenvalue weighted by Gasteiger charge is 2.51. The smallest absolute Gasteiger partial charge is 0.325 e. The molecule has 7 amide bonds. The number of urea groups is 1. The molecule has 0 spiro atoms. The van der Waals surface area contributed by atoms with Crippen LogP contribution in [0.5, 0.6) is 51.7 Å². The minimum Gasteiger partial charge on any atom is -0.508 e. The van der Waals surface area contributed by atoms with Crippen molar-refractivity contribution in [3.05, 3.63) is 141 Å². The maximum Gasteiger partial charge on any atom is 0.325 e. The van der Waals surface area contributed by atoms with Gasteiger partial charge >= 0.3 is 6.03 Å². The van der Waals surface area contributed by atoms with Crippen molar-refractivity contribution < 1.29 is 108 Å². The Hall–Kier alpha value is -9.95. The SMILES string of the molecule is CCCOc1ccc(NC(=O)NC(=O)C[C@@H]2CC(=O)[C@H](NC(=O)[C@H](CC)CC(C)C)[C@H](O)c3ccc(c(Cl)c3)Oc3cc4cc(c3O[C@@H]3O[C@H](CN)[C@@H](O)[C@H](O)[C@H]3O)Oc3ccc(cc3Cl)[C@@H](O)[C@@H]3NC(=O)[C@H](CC(=O)[C@@H]4NC2=O)c2ccc(O)c(c2)-c2c(O)cc(O)cc2[C@@H](C(=O)CC2C4CC5CC(C4)CC2C5)NC3=O)cc1. The van der Waals surface area contributed by atoms with Gasteiger partial charge in [0.1, 0.15) is 95.3 Å². The fourth-order valence-electron chi connectivity index (χ4n) is 17.5. The molecule has 15 bridgehead atoms. The standard InChI is InChI=1S/C83H93Cl2N7O22/c1-5-17-110-49-12-10-47(11-13-49)87-83(109)88-66(99)30-46-27-58(96)70(91-78(105)39(6-2)18-36(3)4)72(100)41-8-15-61(54(84)25-41)111-63-28-45-29-64(77(63)114-82-76(104)75(103)74(102)65(35-86)113-82)112-62-16-9-42(26-55(62)85)73(101)71-81(108)90-69(60(98)33-50-43-20-37-19-38(22-43)23-44(50)21-37)53-31-48(93)32-57(95)67(53)52-24-40(7-14-56(52)94)51(80(107)92-71)34-59(97)68(45)89-79(46)106/h7-16,24-26,28-29,31-32,36-39,43-44,46,50-51,65,68-76,82,93-95,100-104H,5-6,17-23,27,30,33-35,86H2,1-4H3,(H,89,106)(H,90,108)(H,91,105)(H,92,107)(H2,87,88,99,109)/t37?,38?,39-,43?,44?,46+,50?,51-,65-,68-,69+,70+,71+,72-,73-,74-,75+,76-,82+/m1/s1. The summed E-state index contributed by atoms with van der Waals surface area (Å²) in [6.45, 7) is 7.39. The number of aliphatic hydroxyl groups excluding tert-OH is 5. The number of aliphatic hydroxyl groups is 5. The Morgan fingerprint density at radius 2 is 1.29 bits per heavy atom. The van der Waals surface area contributed by atoms with Crippen LogP contribution in [0.25, 0.3) is 11.1 Å². The largest absolute Gasteiger partial charge is 0.508 e. The predicted molar refractivity (Wildman–Crippen MR) is 411 cm³/mol. The van der Waals surface area contributed by atoms with Crippen LogP contribution in [0.15, 0.2) is 103 Å². The van der Waals surface area contributed by atoms with Gasteiger partial charge in [-0.15, -0.1) is 0 Å². The topological polar surface area (TPSA) is 460 Å². The molecule has 6 aromatic carbocycles. The molecule has 6 heterocycles. The average molecular weight is 1610 g/mol. The second-order valence-corrected chi connectivity index (χ2v) is 32.2. The molecular formula is C83H93Cl2N7O22. The number of nitrogens with two attached hydrogens (primary N) is 1. The molecule has 10 aliphatic rings. The average Bonchev–Trinajstić information content (AvgIpc) is 0.759. The number of phenols is 3. The summed E-state index contributed by atoms with van der Waals surface area (Å²) in [6, 6.07) is 12.3. The summed E-state index contributed by atoms with van der Waals surface area (Å²) in [5.74, 6) is -15.3. The number of hydrogen-bond acceptors (Lipinski definition) is 23. The summed E-state index contributed by atoms with van der Waals surface area (Å²) in [5, 5.41) is 110. The number of imide groups is 1. The van der Waals surface area contributed by atoms with E-state index in [0.717, 1.165) is 62.4 Å². The van der Waals surface area contributed by atoms with Gasteiger partial charge in [-0.2, -0.15) is 0 Å². The number of ether oxygens (including phenoxy) is 5. The van der Waals surface area contributed by atoms with E-state index in [1.54, 1.807) is 19.1 Å². The summed E-state index contributed by atoms with van der Waals surface area (Å²) < 4.78 is 31.4. The zero-order chi connectivity index (χ0) is 81.4. The number of halogens is 2. The minimum atomic E-state index is -2.21. The number of hydrogen-bond donors (Lipinski definition) is 15. The van der Waals surface area contributed by atoms with Gasteiger partial charge in [-0.1, -0.05) is 69.1 Å². The molecule has 16 N–H and O–H groups in total. The first-order chi connectivity index (χ1) is 54.4. The van der Waals surface area contributed by atoms with Crippen LogP contribution >= 0.6 is 23.2 Å². The number of Topliss-reactive ketones (excluding diaryl/α,β-unsaturated/α-hetero) is 3. The summed E-state index contributed by atoms with van der Waals surface area (Å²) in [6.07, 6.45) is -10.5. The van der Waals surface area contributed by atoms with E-state index in [4.69, 9.17) is 52.6 Å². The third kappa shape index (κ3) is 17.6.